The standard InChI is InChI=1S/C24H20F4N6O3/c1-12-2-3-13(20-31-22(37-32-20)15-8-17(15)25)6-18(12)30-21(35)16-9-29-34-5-4-14(7-19(16)34)33-10-23(36,11-33)24(26,27)28/h2-7,9,15,17,36H,8,10-11H2,1H3,(H,30,35)/t15-,17-/m0/s1. The Labute approximate surface area is 206 Å². The average Bonchev–Trinajstić information content (AvgIpc) is 3.22. The maximum atomic E-state index is 13.3. The molecule has 2 N–H and O–H groups in total. The van der Waals surface area contributed by atoms with Crippen molar-refractivity contribution in [2.45, 2.75) is 37.2 Å². The molecule has 1 saturated carbocycles. The van der Waals surface area contributed by atoms with E-state index in [1.165, 1.54) is 21.8 Å². The highest BCUT2D eigenvalue weighted by Gasteiger charge is 2.61. The molecule has 1 aliphatic carbocycles. The Morgan fingerprint density at radius 2 is 2.00 bits per heavy atom. The van der Waals surface area contributed by atoms with Gasteiger partial charge in [0.15, 0.2) is 5.60 Å². The molecule has 1 aromatic carbocycles. The monoisotopic (exact) mass is 516 g/mol. The number of anilines is 2. The first-order valence-electron chi connectivity index (χ1n) is 11.4. The number of benzene rings is 1. The van der Waals surface area contributed by atoms with Crippen molar-refractivity contribution >= 4 is 22.8 Å². The second-order valence-corrected chi connectivity index (χ2v) is 9.46. The predicted octanol–water partition coefficient (Wildman–Crippen LogP) is 3.88. The van der Waals surface area contributed by atoms with Crippen LogP contribution in [0.3, 0.4) is 0 Å². The molecule has 192 valence electrons. The van der Waals surface area contributed by atoms with Crippen LogP contribution >= 0.6 is 0 Å². The van der Waals surface area contributed by atoms with Gasteiger partial charge in [0.05, 0.1) is 36.3 Å². The van der Waals surface area contributed by atoms with Gasteiger partial charge in [-0.05, 0) is 37.1 Å². The fraction of sp³-hybridized carbons (Fsp3) is 0.333. The fourth-order valence-corrected chi connectivity index (χ4v) is 4.30. The molecule has 0 radical (unpaired) electrons. The van der Waals surface area contributed by atoms with Crippen molar-refractivity contribution in [3.63, 3.8) is 0 Å². The molecular formula is C24H20F4N6O3. The molecule has 9 nitrogen and oxygen atoms in total. The van der Waals surface area contributed by atoms with E-state index in [1.54, 1.807) is 37.3 Å². The molecule has 2 aliphatic rings. The summed E-state index contributed by atoms with van der Waals surface area (Å²) in [5.74, 6) is -0.329. The van der Waals surface area contributed by atoms with Crippen molar-refractivity contribution in [3.8, 4) is 11.4 Å². The van der Waals surface area contributed by atoms with Gasteiger partial charge < -0.3 is 19.8 Å². The number of aryl methyl sites for hydroxylation is 1. The number of fused-ring (bicyclic) bond motifs is 1. The lowest BCUT2D eigenvalue weighted by Crippen LogP contribution is -2.69. The van der Waals surface area contributed by atoms with E-state index in [-0.39, 0.29) is 23.2 Å². The van der Waals surface area contributed by atoms with Crippen molar-refractivity contribution in [2.24, 2.45) is 0 Å². The highest BCUT2D eigenvalue weighted by Crippen LogP contribution is 2.43. The second-order valence-electron chi connectivity index (χ2n) is 9.46. The number of nitrogens with zero attached hydrogens (tertiary/aromatic N) is 5. The number of aromatic nitrogens is 4. The van der Waals surface area contributed by atoms with Gasteiger partial charge >= 0.3 is 6.18 Å². The maximum absolute atomic E-state index is 13.3. The molecule has 0 spiro atoms. The van der Waals surface area contributed by atoms with Crippen molar-refractivity contribution in [2.75, 3.05) is 23.3 Å². The zero-order chi connectivity index (χ0) is 26.1. The number of hydrogen-bond acceptors (Lipinski definition) is 7. The Morgan fingerprint density at radius 1 is 1.24 bits per heavy atom. The van der Waals surface area contributed by atoms with Gasteiger partial charge in [0, 0.05) is 23.1 Å². The Bertz CT molecular complexity index is 1520. The molecule has 6 rings (SSSR count). The summed E-state index contributed by atoms with van der Waals surface area (Å²) in [6.07, 6.45) is -2.43. The lowest BCUT2D eigenvalue weighted by molar-refractivity contribution is -0.267. The first-order valence-corrected chi connectivity index (χ1v) is 11.4. The van der Waals surface area contributed by atoms with Gasteiger partial charge in [-0.15, -0.1) is 0 Å². The van der Waals surface area contributed by atoms with E-state index >= 15 is 0 Å². The molecule has 13 heteroatoms. The second kappa shape index (κ2) is 8.00. The van der Waals surface area contributed by atoms with Gasteiger partial charge in [0.2, 0.25) is 11.7 Å². The van der Waals surface area contributed by atoms with Gasteiger partial charge in [-0.25, -0.2) is 8.91 Å². The van der Waals surface area contributed by atoms with E-state index in [4.69, 9.17) is 4.52 Å². The minimum Gasteiger partial charge on any atom is -0.378 e. The molecule has 1 amide bonds. The summed E-state index contributed by atoms with van der Waals surface area (Å²) < 4.78 is 58.9. The predicted molar refractivity (Wildman–Crippen MR) is 123 cm³/mol. The molecule has 3 aromatic heterocycles. The maximum Gasteiger partial charge on any atom is 0.420 e. The quantitative estimate of drug-likeness (QED) is 0.388. The molecule has 4 aromatic rings. The van der Waals surface area contributed by atoms with E-state index in [2.05, 4.69) is 20.6 Å². The number of aliphatic hydroxyl groups is 1. The summed E-state index contributed by atoms with van der Waals surface area (Å²) in [5.41, 5.74) is 0.0842. The molecule has 37 heavy (non-hydrogen) atoms. The highest BCUT2D eigenvalue weighted by atomic mass is 19.4. The normalized spacial score (nSPS) is 20.6. The van der Waals surface area contributed by atoms with Crippen LogP contribution < -0.4 is 10.2 Å². The molecule has 0 unspecified atom stereocenters. The highest BCUT2D eigenvalue weighted by molar-refractivity contribution is 6.09. The van der Waals surface area contributed by atoms with E-state index in [9.17, 15) is 27.5 Å². The Kier molecular flexibility index (Phi) is 5.06. The topological polar surface area (TPSA) is 109 Å². The van der Waals surface area contributed by atoms with Crippen LogP contribution in [0.1, 0.15) is 34.2 Å². The number of amides is 1. The van der Waals surface area contributed by atoms with Crippen LogP contribution in [0.5, 0.6) is 0 Å². The Morgan fingerprint density at radius 3 is 2.70 bits per heavy atom. The number of rotatable bonds is 5. The zero-order valence-corrected chi connectivity index (χ0v) is 19.3. The third kappa shape index (κ3) is 3.99. The summed E-state index contributed by atoms with van der Waals surface area (Å²) >= 11 is 0. The smallest absolute Gasteiger partial charge is 0.378 e. The number of halogens is 4. The van der Waals surface area contributed by atoms with Crippen molar-refractivity contribution < 1.29 is 32.0 Å². The minimum absolute atomic E-state index is 0.211. The summed E-state index contributed by atoms with van der Waals surface area (Å²) in [5, 5.41) is 20.7. The summed E-state index contributed by atoms with van der Waals surface area (Å²) in [6, 6.07) is 8.33. The third-order valence-electron chi connectivity index (χ3n) is 6.76. The van der Waals surface area contributed by atoms with Crippen molar-refractivity contribution in [1.29, 1.82) is 0 Å². The molecule has 1 aliphatic heterocycles. The minimum atomic E-state index is -4.72. The lowest BCUT2D eigenvalue weighted by Gasteiger charge is -2.48. The molecule has 2 fully saturated rings. The van der Waals surface area contributed by atoms with Gasteiger partial charge in [0.1, 0.15) is 6.17 Å². The van der Waals surface area contributed by atoms with E-state index in [0.717, 1.165) is 5.56 Å². The zero-order valence-electron chi connectivity index (χ0n) is 19.3. The summed E-state index contributed by atoms with van der Waals surface area (Å²) in [6.45, 7) is 0.608. The largest absolute Gasteiger partial charge is 0.420 e. The van der Waals surface area contributed by atoms with Crippen LogP contribution in [0.25, 0.3) is 16.9 Å². The van der Waals surface area contributed by atoms with Gasteiger partial charge in [0.25, 0.3) is 5.91 Å². The van der Waals surface area contributed by atoms with E-state index in [0.29, 0.717) is 28.9 Å². The van der Waals surface area contributed by atoms with E-state index in [1.807, 2.05) is 0 Å². The van der Waals surface area contributed by atoms with Gasteiger partial charge in [-0.1, -0.05) is 17.3 Å². The Hall–Kier alpha value is -4.00. The number of alkyl halides is 4. The number of β-amino-alcohol motifs (C(OH)–C–C–N with tert-alkyl or cyclic N) is 1. The van der Waals surface area contributed by atoms with Crippen LogP contribution in [0.4, 0.5) is 28.9 Å². The lowest BCUT2D eigenvalue weighted by atomic mass is 9.93. The van der Waals surface area contributed by atoms with Crippen LogP contribution in [0.15, 0.2) is 47.2 Å². The third-order valence-corrected chi connectivity index (χ3v) is 6.76. The number of hydrogen-bond donors (Lipinski definition) is 2. The molecule has 0 bridgehead atoms. The number of pyridine rings is 1. The first kappa shape index (κ1) is 23.4. The fourth-order valence-electron chi connectivity index (χ4n) is 4.30. The number of carbonyl (C=O) groups is 1. The van der Waals surface area contributed by atoms with E-state index < -0.39 is 36.9 Å². The number of carbonyl (C=O) groups excluding carboxylic acids is 1. The van der Waals surface area contributed by atoms with Gasteiger partial charge in [-0.2, -0.15) is 23.3 Å². The Balaban J connectivity index is 1.23. The van der Waals surface area contributed by atoms with Gasteiger partial charge in [-0.3, -0.25) is 4.79 Å². The number of nitrogens with one attached hydrogen (secondary N) is 1. The van der Waals surface area contributed by atoms with Crippen molar-refractivity contribution in [1.82, 2.24) is 19.8 Å². The van der Waals surface area contributed by atoms with Crippen LogP contribution in [-0.2, 0) is 0 Å². The molecular weight excluding hydrogens is 496 g/mol. The summed E-state index contributed by atoms with van der Waals surface area (Å²) in [4.78, 5) is 18.8. The van der Waals surface area contributed by atoms with Crippen LogP contribution in [0, 0.1) is 6.92 Å². The van der Waals surface area contributed by atoms with Crippen LogP contribution in [0.2, 0.25) is 0 Å². The van der Waals surface area contributed by atoms with Crippen molar-refractivity contribution in [3.05, 3.63) is 59.7 Å². The van der Waals surface area contributed by atoms with Crippen LogP contribution in [-0.4, -0.2) is 61.8 Å². The summed E-state index contributed by atoms with van der Waals surface area (Å²) in [7, 11) is 0. The average molecular weight is 516 g/mol. The molecule has 1 saturated heterocycles. The first-order chi connectivity index (χ1) is 17.5. The SMILES string of the molecule is Cc1ccc(-c2noc([C@H]3C[C@@H]3F)n2)cc1NC(=O)c1cnn2ccc(N3CC(O)(C(F)(F)F)C3)cc12. The molecule has 4 heterocycles. The molecule has 2 atom stereocenters.